The molecule has 0 rings (SSSR count). The molecule has 0 heterocycles. The lowest BCUT2D eigenvalue weighted by molar-refractivity contribution is 1.14. The zero-order chi connectivity index (χ0) is 7.98. The maximum Gasteiger partial charge on any atom is 0.0137 e. The predicted octanol–water partition coefficient (Wildman–Crippen LogP) is 2.02. The zero-order valence-corrected chi connectivity index (χ0v) is 6.72. The van der Waals surface area contributed by atoms with Crippen LogP contribution in [-0.4, -0.2) is 6.54 Å². The summed E-state index contributed by atoms with van der Waals surface area (Å²) in [5.41, 5.74) is 7.60. The summed E-state index contributed by atoms with van der Waals surface area (Å²) in [7, 11) is 0. The third-order valence-electron chi connectivity index (χ3n) is 1.08. The molecule has 0 fully saturated rings. The van der Waals surface area contributed by atoms with Crippen molar-refractivity contribution in [3.05, 3.63) is 36.0 Å². The fourth-order valence-corrected chi connectivity index (χ4v) is 0.445. The van der Waals surface area contributed by atoms with Crippen LogP contribution in [-0.2, 0) is 0 Å². The van der Waals surface area contributed by atoms with E-state index in [4.69, 9.17) is 5.73 Å². The van der Waals surface area contributed by atoms with Gasteiger partial charge in [0.05, 0.1) is 0 Å². The van der Waals surface area contributed by atoms with Crippen molar-refractivity contribution in [2.24, 2.45) is 5.73 Å². The highest BCUT2D eigenvalue weighted by molar-refractivity contribution is 5.19. The molecule has 0 amide bonds. The lowest BCUT2D eigenvalue weighted by Crippen LogP contribution is -1.98. The number of rotatable bonds is 3. The maximum absolute atomic E-state index is 5.36. The lowest BCUT2D eigenvalue weighted by Gasteiger charge is -1.89. The van der Waals surface area contributed by atoms with E-state index in [1.54, 1.807) is 0 Å². The van der Waals surface area contributed by atoms with Crippen molar-refractivity contribution in [2.75, 3.05) is 6.54 Å². The maximum atomic E-state index is 5.36. The molecular weight excluding hydrogens is 122 g/mol. The minimum atomic E-state index is 0.626. The Morgan fingerprint density at radius 3 is 2.50 bits per heavy atom. The Hall–Kier alpha value is -0.820. The molecule has 1 nitrogen and oxygen atoms in total. The van der Waals surface area contributed by atoms with Crippen LogP contribution in [0.5, 0.6) is 0 Å². The number of allylic oxidation sites excluding steroid dienone is 4. The summed E-state index contributed by atoms with van der Waals surface area (Å²) in [6.45, 7) is 8.32. The quantitative estimate of drug-likeness (QED) is 0.592. The molecule has 0 aromatic carbocycles. The molecule has 0 atom stereocenters. The number of hydrogen-bond donors (Lipinski definition) is 1. The fraction of sp³-hybridized carbons (Fsp3) is 0.333. The summed E-state index contributed by atoms with van der Waals surface area (Å²) in [6.07, 6.45) is 5.92. The lowest BCUT2D eigenvalue weighted by atomic mass is 10.2. The summed E-state index contributed by atoms with van der Waals surface area (Å²) < 4.78 is 0. The molecule has 0 spiro atoms. The van der Waals surface area contributed by atoms with Gasteiger partial charge in [-0.15, -0.1) is 0 Å². The van der Waals surface area contributed by atoms with Gasteiger partial charge in [0, 0.05) is 6.54 Å². The van der Waals surface area contributed by atoms with Crippen LogP contribution in [0, 0.1) is 0 Å². The average molecular weight is 137 g/mol. The third-order valence-corrected chi connectivity index (χ3v) is 1.08. The van der Waals surface area contributed by atoms with Crippen molar-refractivity contribution in [1.29, 1.82) is 0 Å². The Balaban J connectivity index is 3.82. The van der Waals surface area contributed by atoms with E-state index in [0.717, 1.165) is 5.57 Å². The monoisotopic (exact) mass is 137 g/mol. The Labute approximate surface area is 62.9 Å². The second-order valence-electron chi connectivity index (χ2n) is 2.42. The van der Waals surface area contributed by atoms with Gasteiger partial charge in [0.25, 0.3) is 0 Å². The predicted molar refractivity (Wildman–Crippen MR) is 46.8 cm³/mol. The van der Waals surface area contributed by atoms with Crippen LogP contribution >= 0.6 is 0 Å². The molecular formula is C9H15N. The normalized spacial score (nSPS) is 12.5. The summed E-state index contributed by atoms with van der Waals surface area (Å²) >= 11 is 0. The van der Waals surface area contributed by atoms with Gasteiger partial charge in [-0.05, 0) is 13.8 Å². The van der Waals surface area contributed by atoms with Crippen LogP contribution in [0.4, 0.5) is 0 Å². The first-order chi connectivity index (χ1) is 4.66. The molecule has 2 N–H and O–H groups in total. The van der Waals surface area contributed by atoms with Crippen molar-refractivity contribution < 1.29 is 0 Å². The van der Waals surface area contributed by atoms with Crippen molar-refractivity contribution >= 4 is 0 Å². The van der Waals surface area contributed by atoms with Gasteiger partial charge in [-0.2, -0.15) is 0 Å². The van der Waals surface area contributed by atoms with Gasteiger partial charge in [0.2, 0.25) is 0 Å². The van der Waals surface area contributed by atoms with Crippen LogP contribution in [0.2, 0.25) is 0 Å². The van der Waals surface area contributed by atoms with Crippen molar-refractivity contribution in [3.63, 3.8) is 0 Å². The van der Waals surface area contributed by atoms with Crippen LogP contribution in [0.15, 0.2) is 36.0 Å². The minimum Gasteiger partial charge on any atom is -0.327 e. The van der Waals surface area contributed by atoms with E-state index in [9.17, 15) is 0 Å². The van der Waals surface area contributed by atoms with Gasteiger partial charge >= 0.3 is 0 Å². The van der Waals surface area contributed by atoms with E-state index in [2.05, 4.69) is 6.58 Å². The molecule has 0 radical (unpaired) electrons. The summed E-state index contributed by atoms with van der Waals surface area (Å²) in [6, 6.07) is 0. The van der Waals surface area contributed by atoms with Crippen LogP contribution in [0.25, 0.3) is 0 Å². The molecule has 0 bridgehead atoms. The molecule has 0 aromatic heterocycles. The van der Waals surface area contributed by atoms with E-state index >= 15 is 0 Å². The van der Waals surface area contributed by atoms with E-state index in [0.29, 0.717) is 6.54 Å². The smallest absolute Gasteiger partial charge is 0.0137 e. The van der Waals surface area contributed by atoms with E-state index in [1.165, 1.54) is 5.57 Å². The summed E-state index contributed by atoms with van der Waals surface area (Å²) in [5, 5.41) is 0. The van der Waals surface area contributed by atoms with Gasteiger partial charge < -0.3 is 5.73 Å². The second kappa shape index (κ2) is 5.00. The molecule has 0 saturated carbocycles. The second-order valence-corrected chi connectivity index (χ2v) is 2.42. The first kappa shape index (κ1) is 9.18. The molecule has 10 heavy (non-hydrogen) atoms. The topological polar surface area (TPSA) is 26.0 Å². The molecule has 0 unspecified atom stereocenters. The molecule has 0 aliphatic heterocycles. The molecule has 0 aliphatic rings. The molecule has 0 saturated heterocycles. The van der Waals surface area contributed by atoms with Crippen molar-refractivity contribution in [3.8, 4) is 0 Å². The molecule has 0 aromatic rings. The minimum absolute atomic E-state index is 0.626. The average Bonchev–Trinajstić information content (AvgIpc) is 1.87. The van der Waals surface area contributed by atoms with E-state index < -0.39 is 0 Å². The highest BCUT2D eigenvalue weighted by Gasteiger charge is 1.77. The highest BCUT2D eigenvalue weighted by Crippen LogP contribution is 1.92. The number of nitrogens with two attached hydrogens (primary N) is 1. The highest BCUT2D eigenvalue weighted by atomic mass is 14.5. The summed E-state index contributed by atoms with van der Waals surface area (Å²) in [5.74, 6) is 0. The van der Waals surface area contributed by atoms with Gasteiger partial charge in [-0.3, -0.25) is 0 Å². The van der Waals surface area contributed by atoms with Gasteiger partial charge in [-0.25, -0.2) is 0 Å². The molecule has 56 valence electrons. The number of hydrogen-bond acceptors (Lipinski definition) is 1. The van der Waals surface area contributed by atoms with Crippen LogP contribution in [0.1, 0.15) is 13.8 Å². The zero-order valence-electron chi connectivity index (χ0n) is 6.72. The van der Waals surface area contributed by atoms with E-state index in [1.807, 2.05) is 32.1 Å². The Morgan fingerprint density at radius 1 is 1.50 bits per heavy atom. The van der Waals surface area contributed by atoms with Gasteiger partial charge in [-0.1, -0.05) is 36.0 Å². The largest absolute Gasteiger partial charge is 0.327 e. The molecule has 1 heteroatoms. The first-order valence-electron chi connectivity index (χ1n) is 3.36. The summed E-state index contributed by atoms with van der Waals surface area (Å²) in [4.78, 5) is 0. The third kappa shape index (κ3) is 5.32. The van der Waals surface area contributed by atoms with Crippen molar-refractivity contribution in [2.45, 2.75) is 13.8 Å². The van der Waals surface area contributed by atoms with E-state index in [-0.39, 0.29) is 0 Å². The van der Waals surface area contributed by atoms with Crippen LogP contribution < -0.4 is 5.73 Å². The van der Waals surface area contributed by atoms with Gasteiger partial charge in [0.15, 0.2) is 0 Å². The Kier molecular flexibility index (Phi) is 4.59. The molecule has 0 aliphatic carbocycles. The standard InChI is InChI=1S/C9H15N/c1-8(2)5-4-6-9(3)7-10/h4-6H,1,7,10H2,2-3H3/b5-4-,9-6-. The van der Waals surface area contributed by atoms with Gasteiger partial charge in [0.1, 0.15) is 0 Å². The van der Waals surface area contributed by atoms with Crippen LogP contribution in [0.3, 0.4) is 0 Å². The SMILES string of the molecule is C=C(C)/C=C\C=C(\C)CN. The fourth-order valence-electron chi connectivity index (χ4n) is 0.445. The van der Waals surface area contributed by atoms with Crippen molar-refractivity contribution in [1.82, 2.24) is 0 Å². The Bertz CT molecular complexity index is 164. The Morgan fingerprint density at radius 2 is 2.10 bits per heavy atom. The first-order valence-corrected chi connectivity index (χ1v) is 3.36.